The van der Waals surface area contributed by atoms with Crippen LogP contribution in [-0.2, 0) is 11.3 Å². The molecule has 0 spiro atoms. The second kappa shape index (κ2) is 5.79. The third kappa shape index (κ3) is 2.84. The number of carbonyl (C=O) groups excluding carboxylic acids is 2. The third-order valence-corrected chi connectivity index (χ3v) is 3.26. The zero-order chi connectivity index (χ0) is 16.4. The molecule has 9 nitrogen and oxygen atoms in total. The molecule has 0 unspecified atom stereocenters. The number of hydrogen-bond donors (Lipinski definition) is 2. The number of benzene rings is 1. The van der Waals surface area contributed by atoms with Crippen LogP contribution in [0.25, 0.3) is 10.9 Å². The molecule has 1 amide bonds. The number of anilines is 2. The van der Waals surface area contributed by atoms with Crippen LogP contribution in [0.2, 0.25) is 0 Å². The first kappa shape index (κ1) is 14.6. The van der Waals surface area contributed by atoms with Crippen molar-refractivity contribution in [3.8, 4) is 0 Å². The lowest BCUT2D eigenvalue weighted by Crippen LogP contribution is -2.18. The Morgan fingerprint density at radius 3 is 2.96 bits per heavy atom. The molecule has 0 bridgehead atoms. The first-order valence-electron chi connectivity index (χ1n) is 6.72. The normalized spacial score (nSPS) is 10.7. The van der Waals surface area contributed by atoms with Crippen molar-refractivity contribution in [2.45, 2.75) is 6.54 Å². The van der Waals surface area contributed by atoms with Gasteiger partial charge in [-0.25, -0.2) is 9.48 Å². The highest BCUT2D eigenvalue weighted by Gasteiger charge is 2.13. The standard InChI is InChI=1S/C14H14N6O3/c1-23-14(22)16-11-7-19(18-17-11)8-12(21)20-6-5-9-3-2-4-10(15)13(9)20/h2-7H,8,15H2,1H3,(H,16,22). The van der Waals surface area contributed by atoms with Crippen molar-refractivity contribution in [1.82, 2.24) is 19.6 Å². The van der Waals surface area contributed by atoms with Crippen LogP contribution in [0.15, 0.2) is 36.7 Å². The van der Waals surface area contributed by atoms with Crippen molar-refractivity contribution in [2.24, 2.45) is 0 Å². The monoisotopic (exact) mass is 314 g/mol. The molecule has 118 valence electrons. The highest BCUT2D eigenvalue weighted by atomic mass is 16.5. The maximum atomic E-state index is 12.4. The van der Waals surface area contributed by atoms with Gasteiger partial charge in [0.2, 0.25) is 0 Å². The molecule has 3 aromatic rings. The molecule has 2 aromatic heterocycles. The number of nitrogen functional groups attached to an aromatic ring is 1. The van der Waals surface area contributed by atoms with Gasteiger partial charge in [-0.3, -0.25) is 14.7 Å². The fourth-order valence-electron chi connectivity index (χ4n) is 2.23. The molecule has 1 aromatic carbocycles. The van der Waals surface area contributed by atoms with Gasteiger partial charge >= 0.3 is 6.09 Å². The average Bonchev–Trinajstić information content (AvgIpc) is 3.14. The van der Waals surface area contributed by atoms with E-state index in [0.717, 1.165) is 5.39 Å². The van der Waals surface area contributed by atoms with Crippen LogP contribution in [0, 0.1) is 0 Å². The van der Waals surface area contributed by atoms with Gasteiger partial charge in [-0.1, -0.05) is 17.3 Å². The Morgan fingerprint density at radius 1 is 1.35 bits per heavy atom. The van der Waals surface area contributed by atoms with Gasteiger partial charge < -0.3 is 10.5 Å². The summed E-state index contributed by atoms with van der Waals surface area (Å²) in [4.78, 5) is 23.5. The molecule has 0 aliphatic carbocycles. The van der Waals surface area contributed by atoms with Crippen LogP contribution in [0.3, 0.4) is 0 Å². The van der Waals surface area contributed by atoms with E-state index in [1.165, 1.54) is 22.6 Å². The van der Waals surface area contributed by atoms with Crippen LogP contribution >= 0.6 is 0 Å². The van der Waals surface area contributed by atoms with Gasteiger partial charge in [0.1, 0.15) is 6.54 Å². The molecule has 0 saturated heterocycles. The Bertz CT molecular complexity index is 882. The minimum atomic E-state index is -0.660. The molecule has 2 heterocycles. The van der Waals surface area contributed by atoms with Gasteiger partial charge in [0.05, 0.1) is 24.5 Å². The van der Waals surface area contributed by atoms with E-state index in [1.807, 2.05) is 18.2 Å². The fraction of sp³-hybridized carbons (Fsp3) is 0.143. The van der Waals surface area contributed by atoms with E-state index >= 15 is 0 Å². The summed E-state index contributed by atoms with van der Waals surface area (Å²) in [5, 5.41) is 10.8. The highest BCUT2D eigenvalue weighted by Crippen LogP contribution is 2.22. The number of nitrogens with zero attached hydrogens (tertiary/aromatic N) is 4. The van der Waals surface area contributed by atoms with Gasteiger partial charge in [0.25, 0.3) is 5.91 Å². The smallest absolute Gasteiger partial charge is 0.412 e. The lowest BCUT2D eigenvalue weighted by molar-refractivity contribution is 0.0891. The molecule has 0 atom stereocenters. The lowest BCUT2D eigenvalue weighted by atomic mass is 10.2. The molecule has 3 rings (SSSR count). The number of amides is 1. The summed E-state index contributed by atoms with van der Waals surface area (Å²) in [5.41, 5.74) is 7.12. The first-order valence-corrected chi connectivity index (χ1v) is 6.72. The highest BCUT2D eigenvalue weighted by molar-refractivity contribution is 5.98. The van der Waals surface area contributed by atoms with Crippen molar-refractivity contribution >= 4 is 34.4 Å². The third-order valence-electron chi connectivity index (χ3n) is 3.26. The van der Waals surface area contributed by atoms with E-state index in [9.17, 15) is 9.59 Å². The minimum Gasteiger partial charge on any atom is -0.453 e. The van der Waals surface area contributed by atoms with E-state index in [4.69, 9.17) is 5.73 Å². The molecule has 0 saturated carbocycles. The first-order chi connectivity index (χ1) is 11.1. The quantitative estimate of drug-likeness (QED) is 0.704. The summed E-state index contributed by atoms with van der Waals surface area (Å²) < 4.78 is 7.24. The van der Waals surface area contributed by atoms with Crippen molar-refractivity contribution in [3.63, 3.8) is 0 Å². The number of hydrogen-bond acceptors (Lipinski definition) is 6. The number of ether oxygens (including phenoxy) is 1. The predicted molar refractivity (Wildman–Crippen MR) is 83.0 cm³/mol. The second-order valence-corrected chi connectivity index (χ2v) is 4.78. The minimum absolute atomic E-state index is 0.0477. The number of para-hydroxylation sites is 1. The molecule has 9 heteroatoms. The van der Waals surface area contributed by atoms with Crippen molar-refractivity contribution in [2.75, 3.05) is 18.2 Å². The van der Waals surface area contributed by atoms with Gasteiger partial charge in [-0.05, 0) is 12.1 Å². The van der Waals surface area contributed by atoms with Gasteiger partial charge in [0, 0.05) is 11.6 Å². The Morgan fingerprint density at radius 2 is 2.17 bits per heavy atom. The van der Waals surface area contributed by atoms with Gasteiger partial charge in [0.15, 0.2) is 5.82 Å². The molecule has 23 heavy (non-hydrogen) atoms. The number of nitrogens with two attached hydrogens (primary N) is 1. The molecular weight excluding hydrogens is 300 g/mol. The second-order valence-electron chi connectivity index (χ2n) is 4.78. The zero-order valence-corrected chi connectivity index (χ0v) is 12.3. The number of rotatable bonds is 3. The Labute approximate surface area is 130 Å². The summed E-state index contributed by atoms with van der Waals surface area (Å²) in [7, 11) is 1.24. The predicted octanol–water partition coefficient (Wildman–Crippen LogP) is 1.33. The summed E-state index contributed by atoms with van der Waals surface area (Å²) in [6, 6.07) is 7.26. The van der Waals surface area contributed by atoms with E-state index in [0.29, 0.717) is 11.2 Å². The summed E-state index contributed by atoms with van der Waals surface area (Å²) in [5.74, 6) is -0.0334. The van der Waals surface area contributed by atoms with E-state index < -0.39 is 6.09 Å². The Balaban J connectivity index is 1.80. The van der Waals surface area contributed by atoms with Crippen molar-refractivity contribution < 1.29 is 14.3 Å². The topological polar surface area (TPSA) is 117 Å². The largest absolute Gasteiger partial charge is 0.453 e. The van der Waals surface area contributed by atoms with Crippen molar-refractivity contribution in [3.05, 3.63) is 36.7 Å². The number of aromatic nitrogens is 4. The molecule has 0 aliphatic rings. The molecule has 0 aliphatic heterocycles. The average molecular weight is 314 g/mol. The van der Waals surface area contributed by atoms with E-state index in [-0.39, 0.29) is 18.3 Å². The molecule has 0 fully saturated rings. The van der Waals surface area contributed by atoms with E-state index in [2.05, 4.69) is 20.4 Å². The lowest BCUT2D eigenvalue weighted by Gasteiger charge is -2.06. The Kier molecular flexibility index (Phi) is 3.67. The maximum absolute atomic E-state index is 12.4. The molecule has 0 radical (unpaired) electrons. The van der Waals surface area contributed by atoms with E-state index in [1.54, 1.807) is 12.3 Å². The van der Waals surface area contributed by atoms with Crippen LogP contribution in [0.5, 0.6) is 0 Å². The molecular formula is C14H14N6O3. The summed E-state index contributed by atoms with van der Waals surface area (Å²) in [6.45, 7) is -0.0477. The van der Waals surface area contributed by atoms with Crippen LogP contribution in [0.4, 0.5) is 16.3 Å². The van der Waals surface area contributed by atoms with Crippen molar-refractivity contribution in [1.29, 1.82) is 0 Å². The zero-order valence-electron chi connectivity index (χ0n) is 12.3. The van der Waals surface area contributed by atoms with Gasteiger partial charge in [-0.2, -0.15) is 0 Å². The summed E-state index contributed by atoms with van der Waals surface area (Å²) in [6.07, 6.45) is 2.44. The SMILES string of the molecule is COC(=O)Nc1cn(CC(=O)n2ccc3cccc(N)c32)nn1. The number of methoxy groups -OCH3 is 1. The summed E-state index contributed by atoms with van der Waals surface area (Å²) >= 11 is 0. The van der Waals surface area contributed by atoms with Crippen LogP contribution in [0.1, 0.15) is 4.79 Å². The number of carbonyl (C=O) groups is 2. The van der Waals surface area contributed by atoms with Crippen LogP contribution in [-0.4, -0.2) is 38.7 Å². The number of fused-ring (bicyclic) bond motifs is 1. The fourth-order valence-corrected chi connectivity index (χ4v) is 2.23. The van der Waals surface area contributed by atoms with Gasteiger partial charge in [-0.15, -0.1) is 5.10 Å². The number of nitrogens with one attached hydrogen (secondary N) is 1. The Hall–Kier alpha value is -3.36. The molecule has 3 N–H and O–H groups in total. The maximum Gasteiger partial charge on any atom is 0.412 e. The van der Waals surface area contributed by atoms with Crippen LogP contribution < -0.4 is 11.1 Å².